The molecule has 0 unspecified atom stereocenters. The fourth-order valence-electron chi connectivity index (χ4n) is 2.65. The first-order valence-electron chi connectivity index (χ1n) is 8.60. The zero-order chi connectivity index (χ0) is 20.5. The molecule has 0 aliphatic carbocycles. The molecule has 0 spiro atoms. The first-order valence-corrected chi connectivity index (χ1v) is 8.98. The molecule has 2 amide bonds. The number of amides is 2. The second-order valence-corrected chi connectivity index (χ2v) is 7.67. The van der Waals surface area contributed by atoms with Crippen molar-refractivity contribution in [2.24, 2.45) is 0 Å². The highest BCUT2D eigenvalue weighted by Gasteiger charge is 2.31. The fourth-order valence-corrected chi connectivity index (χ4v) is 2.82. The Bertz CT molecular complexity index is 1100. The Kier molecular flexibility index (Phi) is 5.25. The lowest BCUT2D eigenvalue weighted by Gasteiger charge is -2.35. The number of fused-ring (bicyclic) bond motifs is 1. The van der Waals surface area contributed by atoms with Crippen molar-refractivity contribution in [3.05, 3.63) is 81.2 Å². The van der Waals surface area contributed by atoms with E-state index in [9.17, 15) is 14.4 Å². The standard InChI is InChI=1S/C21H19ClN2O4/c1-21(2,3)24(23-19(26)13-7-5-4-6-8-13)20(27)16-12-28-17-10-9-14(22)11-15(17)18(16)25/h4-12H,1-3H3,(H,23,26). The summed E-state index contributed by atoms with van der Waals surface area (Å²) in [6.45, 7) is 5.24. The number of hydrogen-bond donors (Lipinski definition) is 1. The average molecular weight is 399 g/mol. The molecule has 0 aliphatic heterocycles. The van der Waals surface area contributed by atoms with Gasteiger partial charge in [-0.15, -0.1) is 0 Å². The third-order valence-corrected chi connectivity index (χ3v) is 4.32. The third-order valence-electron chi connectivity index (χ3n) is 4.09. The number of benzene rings is 2. The SMILES string of the molecule is CC(C)(C)N(NC(=O)c1ccccc1)C(=O)c1coc2ccc(Cl)cc2c1=O. The van der Waals surface area contributed by atoms with Crippen molar-refractivity contribution < 1.29 is 14.0 Å². The van der Waals surface area contributed by atoms with Crippen LogP contribution < -0.4 is 10.9 Å². The third kappa shape index (κ3) is 3.92. The summed E-state index contributed by atoms with van der Waals surface area (Å²) >= 11 is 5.96. The molecule has 0 atom stereocenters. The van der Waals surface area contributed by atoms with Crippen molar-refractivity contribution in [2.45, 2.75) is 26.3 Å². The summed E-state index contributed by atoms with van der Waals surface area (Å²) < 4.78 is 5.43. The van der Waals surface area contributed by atoms with Crippen LogP contribution in [0.5, 0.6) is 0 Å². The molecule has 1 aromatic heterocycles. The minimum Gasteiger partial charge on any atom is -0.463 e. The maximum absolute atomic E-state index is 13.1. The zero-order valence-corrected chi connectivity index (χ0v) is 16.4. The number of halogens is 1. The van der Waals surface area contributed by atoms with Crippen LogP contribution in [0.4, 0.5) is 0 Å². The number of hydrazine groups is 1. The second kappa shape index (κ2) is 7.48. The highest BCUT2D eigenvalue weighted by molar-refractivity contribution is 6.31. The van der Waals surface area contributed by atoms with Gasteiger partial charge in [-0.25, -0.2) is 5.01 Å². The van der Waals surface area contributed by atoms with Gasteiger partial charge in [-0.05, 0) is 51.1 Å². The van der Waals surface area contributed by atoms with E-state index in [0.29, 0.717) is 16.2 Å². The average Bonchev–Trinajstić information content (AvgIpc) is 2.66. The molecule has 1 heterocycles. The molecule has 2 aromatic carbocycles. The lowest BCUT2D eigenvalue weighted by Crippen LogP contribution is -2.56. The van der Waals surface area contributed by atoms with Crippen molar-refractivity contribution in [3.8, 4) is 0 Å². The van der Waals surface area contributed by atoms with Gasteiger partial charge >= 0.3 is 0 Å². The normalized spacial score (nSPS) is 11.3. The Morgan fingerprint density at radius 2 is 1.75 bits per heavy atom. The van der Waals surface area contributed by atoms with E-state index in [1.807, 2.05) is 0 Å². The molecule has 7 heteroatoms. The van der Waals surface area contributed by atoms with Crippen molar-refractivity contribution in [1.29, 1.82) is 0 Å². The van der Waals surface area contributed by atoms with E-state index in [2.05, 4.69) is 5.43 Å². The van der Waals surface area contributed by atoms with E-state index >= 15 is 0 Å². The molecule has 0 bridgehead atoms. The van der Waals surface area contributed by atoms with E-state index in [1.54, 1.807) is 63.2 Å². The summed E-state index contributed by atoms with van der Waals surface area (Å²) in [4.78, 5) is 38.5. The fraction of sp³-hybridized carbons (Fsp3) is 0.190. The number of nitrogens with one attached hydrogen (secondary N) is 1. The highest BCUT2D eigenvalue weighted by Crippen LogP contribution is 2.19. The van der Waals surface area contributed by atoms with Gasteiger partial charge in [0.25, 0.3) is 11.8 Å². The van der Waals surface area contributed by atoms with Gasteiger partial charge in [-0.1, -0.05) is 29.8 Å². The van der Waals surface area contributed by atoms with Crippen LogP contribution in [-0.2, 0) is 0 Å². The Hall–Kier alpha value is -3.12. The first-order chi connectivity index (χ1) is 13.2. The summed E-state index contributed by atoms with van der Waals surface area (Å²) in [5.74, 6) is -1.13. The molecule has 0 saturated heterocycles. The summed E-state index contributed by atoms with van der Waals surface area (Å²) in [6, 6.07) is 13.1. The molecule has 3 aromatic rings. The van der Waals surface area contributed by atoms with Gasteiger partial charge in [-0.2, -0.15) is 0 Å². The first kappa shape index (κ1) is 19.6. The van der Waals surface area contributed by atoms with Crippen LogP contribution in [0.1, 0.15) is 41.5 Å². The number of hydrogen-bond acceptors (Lipinski definition) is 4. The Balaban J connectivity index is 2.01. The predicted molar refractivity (Wildman–Crippen MR) is 107 cm³/mol. The largest absolute Gasteiger partial charge is 0.463 e. The molecule has 144 valence electrons. The summed E-state index contributed by atoms with van der Waals surface area (Å²) in [6.07, 6.45) is 1.11. The smallest absolute Gasteiger partial charge is 0.279 e. The molecular formula is C21H19ClN2O4. The quantitative estimate of drug-likeness (QED) is 0.661. The Morgan fingerprint density at radius 3 is 2.39 bits per heavy atom. The maximum Gasteiger partial charge on any atom is 0.279 e. The van der Waals surface area contributed by atoms with Crippen molar-refractivity contribution in [2.75, 3.05) is 0 Å². The molecule has 0 aliphatic rings. The molecule has 0 radical (unpaired) electrons. The van der Waals surface area contributed by atoms with Crippen molar-refractivity contribution in [3.63, 3.8) is 0 Å². The molecule has 6 nitrogen and oxygen atoms in total. The van der Waals surface area contributed by atoms with Crippen LogP contribution in [0, 0.1) is 0 Å². The topological polar surface area (TPSA) is 79.6 Å². The van der Waals surface area contributed by atoms with Crippen molar-refractivity contribution in [1.82, 2.24) is 10.4 Å². The number of carbonyl (C=O) groups is 2. The summed E-state index contributed by atoms with van der Waals surface area (Å²) in [5, 5.41) is 1.68. The number of carbonyl (C=O) groups excluding carboxylic acids is 2. The lowest BCUT2D eigenvalue weighted by atomic mass is 10.1. The summed E-state index contributed by atoms with van der Waals surface area (Å²) in [7, 11) is 0. The minimum atomic E-state index is -0.794. The van der Waals surface area contributed by atoms with Gasteiger partial charge in [0.05, 0.1) is 10.9 Å². The molecule has 0 saturated carbocycles. The van der Waals surface area contributed by atoms with E-state index in [4.69, 9.17) is 16.0 Å². The molecule has 28 heavy (non-hydrogen) atoms. The Labute approximate surface area is 166 Å². The number of nitrogens with zero attached hydrogens (tertiary/aromatic N) is 1. The van der Waals surface area contributed by atoms with Crippen LogP contribution in [0.15, 0.2) is 64.0 Å². The molecule has 0 fully saturated rings. The van der Waals surface area contributed by atoms with Crippen LogP contribution >= 0.6 is 11.6 Å². The van der Waals surface area contributed by atoms with Crippen molar-refractivity contribution >= 4 is 34.4 Å². The van der Waals surface area contributed by atoms with Crippen LogP contribution in [0.2, 0.25) is 5.02 Å². The Morgan fingerprint density at radius 1 is 1.07 bits per heavy atom. The van der Waals surface area contributed by atoms with E-state index < -0.39 is 22.8 Å². The van der Waals surface area contributed by atoms with Crippen LogP contribution in [0.3, 0.4) is 0 Å². The summed E-state index contributed by atoms with van der Waals surface area (Å²) in [5.41, 5.74) is 1.80. The van der Waals surface area contributed by atoms with Gasteiger partial charge in [-0.3, -0.25) is 19.8 Å². The van der Waals surface area contributed by atoms with Crippen LogP contribution in [0.25, 0.3) is 11.0 Å². The predicted octanol–water partition coefficient (Wildman–Crippen LogP) is 4.03. The highest BCUT2D eigenvalue weighted by atomic mass is 35.5. The lowest BCUT2D eigenvalue weighted by molar-refractivity contribution is 0.0356. The van der Waals surface area contributed by atoms with Crippen LogP contribution in [-0.4, -0.2) is 22.4 Å². The van der Waals surface area contributed by atoms with Gasteiger partial charge in [0.1, 0.15) is 17.4 Å². The zero-order valence-electron chi connectivity index (χ0n) is 15.7. The maximum atomic E-state index is 13.1. The van der Waals surface area contributed by atoms with Gasteiger partial charge in [0.2, 0.25) is 5.43 Å². The number of rotatable bonds is 2. The van der Waals surface area contributed by atoms with E-state index in [0.717, 1.165) is 11.3 Å². The minimum absolute atomic E-state index is 0.196. The van der Waals surface area contributed by atoms with E-state index in [-0.39, 0.29) is 10.9 Å². The van der Waals surface area contributed by atoms with Gasteiger partial charge in [0.15, 0.2) is 0 Å². The van der Waals surface area contributed by atoms with E-state index in [1.165, 1.54) is 6.07 Å². The molecule has 1 N–H and O–H groups in total. The second-order valence-electron chi connectivity index (χ2n) is 7.24. The monoisotopic (exact) mass is 398 g/mol. The van der Waals surface area contributed by atoms with Gasteiger partial charge in [0, 0.05) is 10.6 Å². The van der Waals surface area contributed by atoms with Gasteiger partial charge < -0.3 is 4.42 Å². The molecular weight excluding hydrogens is 380 g/mol. The molecule has 3 rings (SSSR count).